The lowest BCUT2D eigenvalue weighted by Crippen LogP contribution is -2.17. The first kappa shape index (κ1) is 54.2. The predicted octanol–water partition coefficient (Wildman–Crippen LogP) is 20.3. The molecule has 0 atom stereocenters. The van der Waals surface area contributed by atoms with Gasteiger partial charge in [0.05, 0.1) is 14.2 Å². The lowest BCUT2D eigenvalue weighted by molar-refractivity contribution is 0.382. The van der Waals surface area contributed by atoms with Crippen LogP contribution in [0.25, 0.3) is 54.6 Å². The van der Waals surface area contributed by atoms with Crippen LogP contribution >= 0.6 is 16.8 Å². The summed E-state index contributed by atoms with van der Waals surface area (Å²) in [5, 5.41) is 5.88. The second-order valence-electron chi connectivity index (χ2n) is 24.2. The number of hydrogen-bond donors (Lipinski definition) is 0. The quantitative estimate of drug-likeness (QED) is 0.119. The molecule has 396 valence electrons. The van der Waals surface area contributed by atoms with Crippen molar-refractivity contribution in [1.82, 2.24) is 0 Å². The highest BCUT2D eigenvalue weighted by Crippen LogP contribution is 2.58. The number of benzene rings is 8. The third-order valence-corrected chi connectivity index (χ3v) is 16.2. The van der Waals surface area contributed by atoms with Crippen molar-refractivity contribution >= 4 is 60.3 Å². The minimum Gasteiger partial charge on any atom is -0.496 e. The maximum absolute atomic E-state index is 7.68. The highest BCUT2D eigenvalue weighted by molar-refractivity contribution is 7.43. The number of ether oxygens (including phenoxy) is 2. The van der Waals surface area contributed by atoms with E-state index >= 15 is 0 Å². The molecule has 8 aromatic carbocycles. The summed E-state index contributed by atoms with van der Waals surface area (Å²) in [6.45, 7) is 34.9. The van der Waals surface area contributed by atoms with Gasteiger partial charge in [-0.3, -0.25) is 0 Å². The van der Waals surface area contributed by atoms with Crippen molar-refractivity contribution in [3.05, 3.63) is 166 Å². The Bertz CT molecular complexity index is 3560. The molecule has 0 saturated heterocycles. The minimum atomic E-state index is -2.26. The molecule has 0 aliphatic carbocycles. The van der Waals surface area contributed by atoms with Gasteiger partial charge in [-0.2, -0.15) is 0 Å². The Hall–Kier alpha value is -6.59. The van der Waals surface area contributed by atoms with Gasteiger partial charge < -0.3 is 36.0 Å². The normalized spacial score (nSPS) is 12.5. The van der Waals surface area contributed by atoms with Gasteiger partial charge in [0.25, 0.3) is 0 Å². The van der Waals surface area contributed by atoms with E-state index in [0.29, 0.717) is 34.5 Å². The third kappa shape index (κ3) is 10.6. The SMILES string of the molecule is COc1cc(C(C)(C)C)c(OP(Oc2cccc3ccccc23)Oc2cccc3ccccc23)c(-c2c(C)c(OC)cc(C(C)(C)C)c2Op2oc3c(C(C)(C)C)cc(C)cc3c3cc(C)cc(C(C)(C)C)c3o2)c1C. The average molecular weight is 1060 g/mol. The molecule has 0 radical (unpaired) electrons. The Labute approximate surface area is 452 Å². The van der Waals surface area contributed by atoms with Crippen LogP contribution in [0.15, 0.2) is 130 Å². The first-order valence-electron chi connectivity index (χ1n) is 26.2. The van der Waals surface area contributed by atoms with Crippen molar-refractivity contribution in [2.45, 2.75) is 132 Å². The summed E-state index contributed by atoms with van der Waals surface area (Å²) in [5.41, 5.74) is 9.20. The van der Waals surface area contributed by atoms with Crippen LogP contribution in [0.3, 0.4) is 0 Å². The smallest absolute Gasteiger partial charge is 0.496 e. The third-order valence-electron chi connectivity index (χ3n) is 14.2. The molecule has 76 heavy (non-hydrogen) atoms. The molecule has 0 unspecified atom stereocenters. The molecule has 1 heterocycles. The largest absolute Gasteiger partial charge is 0.530 e. The number of aryl methyl sites for hydroxylation is 2. The molecule has 0 aliphatic heterocycles. The van der Waals surface area contributed by atoms with Crippen molar-refractivity contribution in [3.63, 3.8) is 0 Å². The molecule has 0 spiro atoms. The van der Waals surface area contributed by atoms with Crippen LogP contribution < -0.4 is 27.6 Å². The van der Waals surface area contributed by atoms with E-state index in [0.717, 1.165) is 99.1 Å². The molecule has 0 saturated carbocycles. The molecular weight excluding hydrogens is 983 g/mol. The van der Waals surface area contributed by atoms with Gasteiger partial charge in [0.1, 0.15) is 45.7 Å². The predicted molar refractivity (Wildman–Crippen MR) is 318 cm³/mol. The van der Waals surface area contributed by atoms with E-state index in [9.17, 15) is 0 Å². The monoisotopic (exact) mass is 1060 g/mol. The molecule has 0 fully saturated rings. The molecule has 8 nitrogen and oxygen atoms in total. The molecule has 0 aliphatic rings. The first-order valence-corrected chi connectivity index (χ1v) is 28.3. The van der Waals surface area contributed by atoms with Gasteiger partial charge in [-0.1, -0.05) is 168 Å². The van der Waals surface area contributed by atoms with E-state index in [1.54, 1.807) is 14.2 Å². The molecule has 9 aromatic rings. The number of methoxy groups -OCH3 is 2. The lowest BCUT2D eigenvalue weighted by Gasteiger charge is -2.31. The molecule has 0 amide bonds. The van der Waals surface area contributed by atoms with E-state index in [1.807, 2.05) is 48.5 Å². The molecule has 0 bridgehead atoms. The summed E-state index contributed by atoms with van der Waals surface area (Å²) in [6.07, 6.45) is 0. The van der Waals surface area contributed by atoms with Gasteiger partial charge in [-0.25, -0.2) is 0 Å². The number of fused-ring (bicyclic) bond motifs is 5. The molecule has 0 N–H and O–H groups in total. The summed E-state index contributed by atoms with van der Waals surface area (Å²) >= 11 is 0. The van der Waals surface area contributed by atoms with E-state index in [2.05, 4.69) is 184 Å². The van der Waals surface area contributed by atoms with E-state index in [4.69, 9.17) is 36.0 Å². The topological polar surface area (TPSA) is 81.7 Å². The zero-order chi connectivity index (χ0) is 54.8. The summed E-state index contributed by atoms with van der Waals surface area (Å²) in [5.74, 6) is 3.75. The summed E-state index contributed by atoms with van der Waals surface area (Å²) in [4.78, 5) is 0. The van der Waals surface area contributed by atoms with Crippen LogP contribution in [0.2, 0.25) is 0 Å². The first-order chi connectivity index (χ1) is 35.8. The zero-order valence-electron chi connectivity index (χ0n) is 47.7. The van der Waals surface area contributed by atoms with Crippen LogP contribution in [0, 0.1) is 27.7 Å². The van der Waals surface area contributed by atoms with Crippen molar-refractivity contribution < 1.29 is 36.0 Å². The zero-order valence-corrected chi connectivity index (χ0v) is 49.5. The van der Waals surface area contributed by atoms with Crippen LogP contribution in [-0.2, 0) is 21.7 Å². The highest BCUT2D eigenvalue weighted by atomic mass is 31.2. The van der Waals surface area contributed by atoms with Crippen LogP contribution in [0.4, 0.5) is 0 Å². The van der Waals surface area contributed by atoms with Gasteiger partial charge in [0.2, 0.25) is 0 Å². The van der Waals surface area contributed by atoms with E-state index in [1.165, 1.54) is 0 Å². The maximum atomic E-state index is 7.68. The molecular formula is C66H74O8P2. The highest BCUT2D eigenvalue weighted by Gasteiger charge is 2.37. The Morgan fingerprint density at radius 2 is 0.776 bits per heavy atom. The Balaban J connectivity index is 1.39. The van der Waals surface area contributed by atoms with Crippen molar-refractivity contribution in [2.24, 2.45) is 0 Å². The Morgan fingerprint density at radius 1 is 0.395 bits per heavy atom. The van der Waals surface area contributed by atoms with Gasteiger partial charge in [0, 0.05) is 66.1 Å². The minimum absolute atomic E-state index is 0.287. The molecule has 1 aromatic heterocycles. The van der Waals surface area contributed by atoms with E-state index < -0.39 is 27.7 Å². The average Bonchev–Trinajstić information content (AvgIpc) is 3.52. The van der Waals surface area contributed by atoms with Crippen molar-refractivity contribution in [1.29, 1.82) is 0 Å². The second kappa shape index (κ2) is 20.4. The number of hydrogen-bond acceptors (Lipinski definition) is 8. The molecule has 10 heteroatoms. The maximum Gasteiger partial charge on any atom is 0.530 e. The molecule has 9 rings (SSSR count). The second-order valence-corrected chi connectivity index (χ2v) is 26.2. The van der Waals surface area contributed by atoms with Crippen molar-refractivity contribution in [3.8, 4) is 45.6 Å². The Kier molecular flexibility index (Phi) is 14.6. The van der Waals surface area contributed by atoms with Gasteiger partial charge in [-0.05, 0) is 108 Å². The summed E-state index contributed by atoms with van der Waals surface area (Å²) in [7, 11) is -1.06. The van der Waals surface area contributed by atoms with Gasteiger partial charge in [0.15, 0.2) is 0 Å². The van der Waals surface area contributed by atoms with Crippen LogP contribution in [0.1, 0.15) is 128 Å². The summed E-state index contributed by atoms with van der Waals surface area (Å²) in [6, 6.07) is 41.5. The van der Waals surface area contributed by atoms with Crippen LogP contribution in [-0.4, -0.2) is 14.2 Å². The van der Waals surface area contributed by atoms with Gasteiger partial charge >= 0.3 is 16.8 Å². The van der Waals surface area contributed by atoms with Gasteiger partial charge in [-0.15, -0.1) is 0 Å². The number of rotatable bonds is 11. The van der Waals surface area contributed by atoms with Crippen molar-refractivity contribution in [2.75, 3.05) is 14.2 Å². The Morgan fingerprint density at radius 3 is 1.18 bits per heavy atom. The lowest BCUT2D eigenvalue weighted by atomic mass is 9.79. The fourth-order valence-corrected chi connectivity index (χ4v) is 12.4. The standard InChI is InChI=1S/C66H74O8P2/c1-39-33-47-48-34-40(2)36-50(64(8,9)10)60(48)72-76(71-59(47)49(35-39)63(5,6)7)74-62-52(66(14,15)16)38-56(68-18)42(4)58(62)57-41(3)55(67-17)37-51(65(11,12)13)61(57)73-75(69-53-31-23-27-43-25-19-21-29-45(43)53)70-54-32-24-28-44-26-20-22-30-46(44)54/h19-38H,1-18H3. The van der Waals surface area contributed by atoms with Crippen LogP contribution in [0.5, 0.6) is 34.5 Å². The fraction of sp³-hybridized carbons (Fsp3) is 0.333. The fourth-order valence-electron chi connectivity index (χ4n) is 10.2. The summed E-state index contributed by atoms with van der Waals surface area (Å²) < 4.78 is 56.9. The van der Waals surface area contributed by atoms with E-state index in [-0.39, 0.29) is 10.8 Å².